The first-order valence-electron chi connectivity index (χ1n) is 2.77. The van der Waals surface area contributed by atoms with Gasteiger partial charge in [0.1, 0.15) is 0 Å². The average Bonchev–Trinajstić information content (AvgIpc) is 1.82. The van der Waals surface area contributed by atoms with Gasteiger partial charge < -0.3 is 0 Å². The summed E-state index contributed by atoms with van der Waals surface area (Å²) in [5.74, 6) is -2.26. The van der Waals surface area contributed by atoms with Crippen LogP contribution in [0.1, 0.15) is 0 Å². The fourth-order valence-corrected chi connectivity index (χ4v) is 0.0714. The molecule has 0 aromatic carbocycles. The van der Waals surface area contributed by atoms with Gasteiger partial charge in [0.2, 0.25) is 0 Å². The first-order valence-corrected chi connectivity index (χ1v) is 2.77. The summed E-state index contributed by atoms with van der Waals surface area (Å²) in [5, 5.41) is 0. The minimum absolute atomic E-state index is 0.479. The van der Waals surface area contributed by atoms with E-state index in [4.69, 9.17) is 0 Å². The van der Waals surface area contributed by atoms with E-state index in [1.165, 1.54) is 0 Å². The highest BCUT2D eigenvalue weighted by Crippen LogP contribution is 2.23. The van der Waals surface area contributed by atoms with Crippen LogP contribution in [0, 0.1) is 0 Å². The van der Waals surface area contributed by atoms with Gasteiger partial charge in [-0.05, 0) is 0 Å². The number of halogens is 8. The minimum atomic E-state index is -4.86. The van der Waals surface area contributed by atoms with Gasteiger partial charge >= 0.3 is 12.4 Å². The smallest absolute Gasteiger partial charge is 0.216 e. The molecular weight excluding hydrogens is 224 g/mol. The molecule has 0 radical (unpaired) electrons. The molecule has 0 rings (SSSR count). The fourth-order valence-electron chi connectivity index (χ4n) is 0.0714. The Morgan fingerprint density at radius 2 is 1.29 bits per heavy atom. The van der Waals surface area contributed by atoms with E-state index in [0.717, 1.165) is 0 Å². The molecule has 0 aliphatic rings. The average molecular weight is 228 g/mol. The van der Waals surface area contributed by atoms with Crippen molar-refractivity contribution in [3.63, 3.8) is 0 Å². The summed E-state index contributed by atoms with van der Waals surface area (Å²) < 4.78 is 85.8. The van der Waals surface area contributed by atoms with Gasteiger partial charge in [0.15, 0.2) is 5.83 Å². The maximum atomic E-state index is 10.9. The van der Waals surface area contributed by atoms with Crippen LogP contribution in [0.5, 0.6) is 0 Å². The molecule has 0 nitrogen and oxygen atoms in total. The maximum absolute atomic E-state index is 10.9. The molecule has 0 aliphatic carbocycles. The molecule has 0 saturated carbocycles. The number of allylic oxidation sites excluding steroid dienone is 2. The van der Waals surface area contributed by atoms with Crippen molar-refractivity contribution in [3.8, 4) is 0 Å². The van der Waals surface area contributed by atoms with Crippen molar-refractivity contribution in [3.05, 3.63) is 24.8 Å². The summed E-state index contributed by atoms with van der Waals surface area (Å²) in [6.45, 7) is 2.03. The topological polar surface area (TPSA) is 0 Å². The molecule has 0 saturated heterocycles. The van der Waals surface area contributed by atoms with Gasteiger partial charge in [0.25, 0.3) is 0 Å². The van der Waals surface area contributed by atoms with Crippen LogP contribution in [-0.2, 0) is 0 Å². The van der Waals surface area contributed by atoms with Crippen LogP contribution in [0.2, 0.25) is 0 Å². The van der Waals surface area contributed by atoms with Crippen LogP contribution in [-0.4, -0.2) is 12.4 Å². The molecule has 0 fully saturated rings. The van der Waals surface area contributed by atoms with Crippen LogP contribution in [0.15, 0.2) is 24.8 Å². The number of rotatable bonds is 0. The van der Waals surface area contributed by atoms with Crippen molar-refractivity contribution in [2.24, 2.45) is 0 Å². The zero-order valence-electron chi connectivity index (χ0n) is 6.39. The molecule has 0 aromatic rings. The molecule has 0 atom stereocenters. The van der Waals surface area contributed by atoms with Gasteiger partial charge in [0.05, 0.1) is 6.33 Å². The Morgan fingerprint density at radius 3 is 1.29 bits per heavy atom. The second-order valence-electron chi connectivity index (χ2n) is 1.74. The maximum Gasteiger partial charge on any atom is 0.442 e. The Kier molecular flexibility index (Phi) is 6.17. The molecule has 84 valence electrons. The van der Waals surface area contributed by atoms with Gasteiger partial charge in [0, 0.05) is 6.08 Å². The summed E-state index contributed by atoms with van der Waals surface area (Å²) in [5.41, 5.74) is 0. The largest absolute Gasteiger partial charge is 0.442 e. The van der Waals surface area contributed by atoms with E-state index in [2.05, 4.69) is 0 Å². The van der Waals surface area contributed by atoms with E-state index in [-0.39, 0.29) is 0 Å². The molecule has 0 bridgehead atoms. The summed E-state index contributed by atoms with van der Waals surface area (Å²) in [7, 11) is 0. The van der Waals surface area contributed by atoms with Crippen LogP contribution in [0.3, 0.4) is 0 Å². The standard InChI is InChI=1S/2C3H2F4/c1-2(4)3(5,6)7;4-2-1-3(5,6)7/h1H2;1-2H. The van der Waals surface area contributed by atoms with Crippen molar-refractivity contribution in [2.45, 2.75) is 12.4 Å². The van der Waals surface area contributed by atoms with Crippen LogP contribution >= 0.6 is 0 Å². The quantitative estimate of drug-likeness (QED) is 0.548. The molecule has 0 N–H and O–H groups in total. The van der Waals surface area contributed by atoms with Crippen molar-refractivity contribution in [1.29, 1.82) is 0 Å². The molecule has 0 aliphatic heterocycles. The Balaban J connectivity index is 0. The number of hydrogen-bond acceptors (Lipinski definition) is 0. The Bertz CT molecular complexity index is 195. The highest BCUT2D eigenvalue weighted by Gasteiger charge is 2.32. The molecule has 0 unspecified atom stereocenters. The second-order valence-corrected chi connectivity index (χ2v) is 1.74. The lowest BCUT2D eigenvalue weighted by molar-refractivity contribution is -0.108. The Labute approximate surface area is 73.5 Å². The van der Waals surface area contributed by atoms with Crippen LogP contribution < -0.4 is 0 Å². The van der Waals surface area contributed by atoms with E-state index in [0.29, 0.717) is 0 Å². The third-order valence-electron chi connectivity index (χ3n) is 0.560. The predicted molar refractivity (Wildman–Crippen MR) is 32.6 cm³/mol. The highest BCUT2D eigenvalue weighted by atomic mass is 19.4. The summed E-state index contributed by atoms with van der Waals surface area (Å²) >= 11 is 0. The zero-order chi connectivity index (χ0) is 12.0. The monoisotopic (exact) mass is 228 g/mol. The van der Waals surface area contributed by atoms with Crippen LogP contribution in [0.25, 0.3) is 0 Å². The van der Waals surface area contributed by atoms with Crippen molar-refractivity contribution < 1.29 is 35.1 Å². The van der Waals surface area contributed by atoms with E-state index in [1.807, 2.05) is 6.58 Å². The summed E-state index contributed by atoms with van der Waals surface area (Å²) in [6, 6.07) is 0. The van der Waals surface area contributed by atoms with Crippen molar-refractivity contribution >= 4 is 0 Å². The Morgan fingerprint density at radius 1 is 1.00 bits per heavy atom. The lowest BCUT2D eigenvalue weighted by atomic mass is 10.6. The van der Waals surface area contributed by atoms with Gasteiger partial charge in [-0.1, -0.05) is 6.58 Å². The van der Waals surface area contributed by atoms with Crippen molar-refractivity contribution in [2.75, 3.05) is 0 Å². The van der Waals surface area contributed by atoms with E-state index in [9.17, 15) is 35.1 Å². The minimum Gasteiger partial charge on any atom is -0.216 e. The fraction of sp³-hybridized carbons (Fsp3) is 0.333. The van der Waals surface area contributed by atoms with E-state index < -0.39 is 30.6 Å². The third-order valence-corrected chi connectivity index (χ3v) is 0.560. The molecule has 14 heavy (non-hydrogen) atoms. The van der Waals surface area contributed by atoms with Crippen LogP contribution in [0.4, 0.5) is 35.1 Å². The molecule has 8 heteroatoms. The normalized spacial score (nSPS) is 12.3. The first kappa shape index (κ1) is 15.4. The summed E-state index contributed by atoms with van der Waals surface area (Å²) in [4.78, 5) is 0. The van der Waals surface area contributed by atoms with E-state index >= 15 is 0 Å². The van der Waals surface area contributed by atoms with Gasteiger partial charge in [-0.15, -0.1) is 0 Å². The molecular formula is C6H4F8. The first-order chi connectivity index (χ1) is 6.00. The summed E-state index contributed by atoms with van der Waals surface area (Å²) in [6.07, 6.45) is -10.4. The lowest BCUT2D eigenvalue weighted by Gasteiger charge is -1.97. The second kappa shape index (κ2) is 5.61. The lowest BCUT2D eigenvalue weighted by Crippen LogP contribution is -2.05. The number of alkyl halides is 6. The number of hydrogen-bond donors (Lipinski definition) is 0. The zero-order valence-corrected chi connectivity index (χ0v) is 6.39. The third kappa shape index (κ3) is 13.5. The van der Waals surface area contributed by atoms with Gasteiger partial charge in [-0.25, -0.2) is 8.78 Å². The predicted octanol–water partition coefficient (Wildman–Crippen LogP) is 4.06. The molecule has 0 aromatic heterocycles. The Hall–Kier alpha value is -1.08. The van der Waals surface area contributed by atoms with Crippen molar-refractivity contribution in [1.82, 2.24) is 0 Å². The molecule has 0 spiro atoms. The molecule has 0 heterocycles. The van der Waals surface area contributed by atoms with Gasteiger partial charge in [-0.2, -0.15) is 26.3 Å². The van der Waals surface area contributed by atoms with E-state index in [1.54, 1.807) is 0 Å². The SMILES string of the molecule is C=C(F)C(F)(F)F.FC=CC(F)(F)F. The van der Waals surface area contributed by atoms with Gasteiger partial charge in [-0.3, -0.25) is 0 Å². The highest BCUT2D eigenvalue weighted by molar-refractivity contribution is 4.88. The molecule has 0 amide bonds.